The molecule has 0 unspecified atom stereocenters. The number of fused-ring (bicyclic) bond motifs is 1. The zero-order chi connectivity index (χ0) is 24.8. The van der Waals surface area contributed by atoms with Crippen molar-refractivity contribution in [1.29, 1.82) is 5.26 Å². The van der Waals surface area contributed by atoms with E-state index in [0.29, 0.717) is 47.5 Å². The third-order valence-electron chi connectivity index (χ3n) is 5.79. The lowest BCUT2D eigenvalue weighted by Crippen LogP contribution is -2.01. The van der Waals surface area contributed by atoms with E-state index in [9.17, 15) is 8.78 Å². The van der Waals surface area contributed by atoms with Gasteiger partial charge in [-0.25, -0.2) is 23.1 Å². The predicted molar refractivity (Wildman–Crippen MR) is 128 cm³/mol. The number of nitriles is 1. The largest absolute Gasteiger partial charge is 0.490 e. The van der Waals surface area contributed by atoms with Crippen LogP contribution < -0.4 is 4.74 Å². The average Bonchev–Trinajstić information content (AvgIpc) is 2.86. The summed E-state index contributed by atoms with van der Waals surface area (Å²) in [5.41, 5.74) is 1.28. The van der Waals surface area contributed by atoms with Gasteiger partial charge in [0.05, 0.1) is 19.0 Å². The second-order valence-corrected chi connectivity index (χ2v) is 8.32. The third kappa shape index (κ3) is 5.78. The first-order chi connectivity index (χ1) is 17.0. The first kappa shape index (κ1) is 24.2. The molecule has 0 saturated heterocycles. The smallest absolute Gasteiger partial charge is 0.155 e. The van der Waals surface area contributed by atoms with Crippen LogP contribution in [-0.4, -0.2) is 16.6 Å². The second kappa shape index (κ2) is 11.0. The summed E-state index contributed by atoms with van der Waals surface area (Å²) in [6.45, 7) is 2.66. The Labute approximate surface area is 202 Å². The summed E-state index contributed by atoms with van der Waals surface area (Å²) < 4.78 is 48.3. The van der Waals surface area contributed by atoms with Crippen molar-refractivity contribution in [2.45, 2.75) is 39.0 Å². The highest BCUT2D eigenvalue weighted by molar-refractivity contribution is 5.84. The fourth-order valence-corrected chi connectivity index (χ4v) is 3.91. The number of hydrogen-bond acceptors (Lipinski definition) is 4. The zero-order valence-electron chi connectivity index (χ0n) is 19.3. The molecule has 1 aromatic heterocycles. The van der Waals surface area contributed by atoms with E-state index in [0.717, 1.165) is 29.5 Å². The van der Waals surface area contributed by atoms with Crippen molar-refractivity contribution in [3.05, 3.63) is 100 Å². The minimum atomic E-state index is -0.903. The summed E-state index contributed by atoms with van der Waals surface area (Å²) in [6, 6.07) is 12.9. The highest BCUT2D eigenvalue weighted by Crippen LogP contribution is 2.25. The number of rotatable bonds is 9. The van der Waals surface area contributed by atoms with Gasteiger partial charge in [0.2, 0.25) is 0 Å². The summed E-state index contributed by atoms with van der Waals surface area (Å²) in [7, 11) is 0. The minimum absolute atomic E-state index is 0.252. The van der Waals surface area contributed by atoms with Gasteiger partial charge in [0.25, 0.3) is 0 Å². The molecule has 178 valence electrons. The van der Waals surface area contributed by atoms with E-state index in [1.165, 1.54) is 6.07 Å². The molecule has 0 saturated carbocycles. The quantitative estimate of drug-likeness (QED) is 0.286. The first-order valence-electron chi connectivity index (χ1n) is 11.5. The molecule has 4 nitrogen and oxygen atoms in total. The van der Waals surface area contributed by atoms with Crippen molar-refractivity contribution in [2.24, 2.45) is 0 Å². The first-order valence-corrected chi connectivity index (χ1v) is 11.5. The van der Waals surface area contributed by atoms with Crippen LogP contribution in [0.5, 0.6) is 5.75 Å². The van der Waals surface area contributed by atoms with Crippen LogP contribution >= 0.6 is 0 Å². The van der Waals surface area contributed by atoms with Crippen LogP contribution in [0.1, 0.15) is 41.4 Å². The van der Waals surface area contributed by atoms with Crippen molar-refractivity contribution in [3.63, 3.8) is 0 Å². The van der Waals surface area contributed by atoms with Crippen LogP contribution in [0.3, 0.4) is 0 Å². The Kier molecular flexibility index (Phi) is 7.61. The SMILES string of the molecule is CCCOc1cnc(CCc2ccc3c(F)c(CCc4cc(F)c(C#N)c(F)c4)ccc3c2)nc1. The number of nitrogens with zero attached hydrogens (tertiary/aromatic N) is 3. The van der Waals surface area contributed by atoms with Crippen LogP contribution in [0.15, 0.2) is 54.9 Å². The Balaban J connectivity index is 1.42. The molecule has 4 rings (SSSR count). The predicted octanol–water partition coefficient (Wildman–Crippen LogP) is 6.28. The highest BCUT2D eigenvalue weighted by atomic mass is 19.1. The van der Waals surface area contributed by atoms with E-state index >= 15 is 4.39 Å². The molecule has 0 atom stereocenters. The molecule has 0 amide bonds. The van der Waals surface area contributed by atoms with Crippen molar-refractivity contribution < 1.29 is 17.9 Å². The van der Waals surface area contributed by atoms with E-state index in [1.54, 1.807) is 24.5 Å². The lowest BCUT2D eigenvalue weighted by molar-refractivity contribution is 0.314. The molecule has 0 aliphatic carbocycles. The van der Waals surface area contributed by atoms with Gasteiger partial charge in [-0.15, -0.1) is 0 Å². The fraction of sp³-hybridized carbons (Fsp3) is 0.250. The molecule has 0 bridgehead atoms. The Hall–Kier alpha value is -3.92. The maximum atomic E-state index is 15.1. The van der Waals surface area contributed by atoms with Gasteiger partial charge >= 0.3 is 0 Å². The van der Waals surface area contributed by atoms with Gasteiger partial charge < -0.3 is 4.74 Å². The van der Waals surface area contributed by atoms with Gasteiger partial charge in [0.1, 0.15) is 34.9 Å². The molecule has 0 fully saturated rings. The van der Waals surface area contributed by atoms with E-state index in [4.69, 9.17) is 10.00 Å². The lowest BCUT2D eigenvalue weighted by Gasteiger charge is -2.09. The molecule has 3 aromatic carbocycles. The van der Waals surface area contributed by atoms with E-state index in [-0.39, 0.29) is 18.7 Å². The van der Waals surface area contributed by atoms with Crippen LogP contribution in [0.4, 0.5) is 13.2 Å². The van der Waals surface area contributed by atoms with Gasteiger partial charge in [0.15, 0.2) is 5.75 Å². The van der Waals surface area contributed by atoms with Crippen LogP contribution in [0, 0.1) is 28.8 Å². The number of hydrogen-bond donors (Lipinski definition) is 0. The maximum absolute atomic E-state index is 15.1. The van der Waals surface area contributed by atoms with Gasteiger partial charge in [0, 0.05) is 11.8 Å². The number of ether oxygens (including phenoxy) is 1. The highest BCUT2D eigenvalue weighted by Gasteiger charge is 2.13. The minimum Gasteiger partial charge on any atom is -0.490 e. The van der Waals surface area contributed by atoms with Gasteiger partial charge in [-0.05, 0) is 59.9 Å². The lowest BCUT2D eigenvalue weighted by atomic mass is 9.97. The van der Waals surface area contributed by atoms with E-state index in [2.05, 4.69) is 9.97 Å². The van der Waals surface area contributed by atoms with Gasteiger partial charge in [-0.1, -0.05) is 37.3 Å². The van der Waals surface area contributed by atoms with Crippen molar-refractivity contribution >= 4 is 10.8 Å². The number of halogens is 3. The Bertz CT molecular complexity index is 1360. The summed E-state index contributed by atoms with van der Waals surface area (Å²) in [5, 5.41) is 10.1. The number of aromatic nitrogens is 2. The molecule has 0 aliphatic heterocycles. The summed E-state index contributed by atoms with van der Waals surface area (Å²) in [4.78, 5) is 8.68. The Morgan fingerprint density at radius 2 is 1.57 bits per heavy atom. The molecule has 0 spiro atoms. The van der Waals surface area contributed by atoms with Crippen LogP contribution in [0.2, 0.25) is 0 Å². The van der Waals surface area contributed by atoms with Gasteiger partial charge in [-0.3, -0.25) is 0 Å². The molecule has 0 N–H and O–H groups in total. The molecule has 0 aliphatic rings. The average molecular weight is 476 g/mol. The van der Waals surface area contributed by atoms with Crippen LogP contribution in [0.25, 0.3) is 10.8 Å². The summed E-state index contributed by atoms with van der Waals surface area (Å²) in [5.74, 6) is -0.775. The molecular weight excluding hydrogens is 451 g/mol. The van der Waals surface area contributed by atoms with Crippen molar-refractivity contribution in [3.8, 4) is 11.8 Å². The Morgan fingerprint density at radius 1 is 0.857 bits per heavy atom. The molecule has 35 heavy (non-hydrogen) atoms. The molecule has 7 heteroatoms. The monoisotopic (exact) mass is 475 g/mol. The molecular formula is C28H24F3N3O. The standard InChI is InChI=1S/C28H24F3N3O/c1-2-11-35-22-16-33-27(34-17-22)10-5-18-4-9-23-21(12-18)8-7-20(28(23)31)6-3-19-13-25(29)24(15-32)26(30)14-19/h4,7-9,12-14,16-17H,2-3,5-6,10-11H2,1H3. The molecule has 4 aromatic rings. The normalized spacial score (nSPS) is 10.9. The van der Waals surface area contributed by atoms with E-state index in [1.807, 2.05) is 25.1 Å². The number of benzene rings is 3. The third-order valence-corrected chi connectivity index (χ3v) is 5.79. The zero-order valence-corrected chi connectivity index (χ0v) is 19.3. The van der Waals surface area contributed by atoms with Crippen molar-refractivity contribution in [2.75, 3.05) is 6.61 Å². The molecule has 0 radical (unpaired) electrons. The Morgan fingerprint density at radius 3 is 2.26 bits per heavy atom. The number of aryl methyl sites for hydroxylation is 4. The molecule has 1 heterocycles. The van der Waals surface area contributed by atoms with Gasteiger partial charge in [-0.2, -0.15) is 5.26 Å². The maximum Gasteiger partial charge on any atom is 0.155 e. The summed E-state index contributed by atoms with van der Waals surface area (Å²) >= 11 is 0. The van der Waals surface area contributed by atoms with E-state index < -0.39 is 17.2 Å². The summed E-state index contributed by atoms with van der Waals surface area (Å²) in [6.07, 6.45) is 6.17. The van der Waals surface area contributed by atoms with Crippen LogP contribution in [-0.2, 0) is 25.7 Å². The second-order valence-electron chi connectivity index (χ2n) is 8.32. The topological polar surface area (TPSA) is 58.8 Å². The fourth-order valence-electron chi connectivity index (χ4n) is 3.91. The van der Waals surface area contributed by atoms with Crippen molar-refractivity contribution in [1.82, 2.24) is 9.97 Å².